The maximum atomic E-state index is 13.8. The van der Waals surface area contributed by atoms with Gasteiger partial charge < -0.3 is 9.88 Å². The van der Waals surface area contributed by atoms with E-state index < -0.39 is 11.4 Å². The van der Waals surface area contributed by atoms with Gasteiger partial charge in [-0.2, -0.15) is 0 Å². The number of aromatic nitrogens is 4. The Bertz CT molecular complexity index is 1120. The molecule has 0 amide bonds. The predicted molar refractivity (Wildman–Crippen MR) is 91.8 cm³/mol. The van der Waals surface area contributed by atoms with Gasteiger partial charge in [-0.1, -0.05) is 0 Å². The van der Waals surface area contributed by atoms with Crippen LogP contribution in [0.5, 0.6) is 0 Å². The van der Waals surface area contributed by atoms with Crippen molar-refractivity contribution in [2.24, 2.45) is 5.92 Å². The van der Waals surface area contributed by atoms with Crippen LogP contribution in [0.3, 0.4) is 0 Å². The normalized spacial score (nSPS) is 24.1. The highest BCUT2D eigenvalue weighted by Crippen LogP contribution is 2.62. The fraction of sp³-hybridized carbons (Fsp3) is 0.333. The van der Waals surface area contributed by atoms with E-state index >= 15 is 0 Å². The lowest BCUT2D eigenvalue weighted by Gasteiger charge is -2.29. The molecule has 1 saturated heterocycles. The molecule has 1 aliphatic heterocycles. The van der Waals surface area contributed by atoms with Crippen molar-refractivity contribution in [2.75, 3.05) is 11.4 Å². The number of nitrogens with zero attached hydrogens (tertiary/aromatic N) is 4. The van der Waals surface area contributed by atoms with Crippen molar-refractivity contribution < 1.29 is 9.18 Å². The third-order valence-corrected chi connectivity index (χ3v) is 5.58. The van der Waals surface area contributed by atoms with E-state index in [1.54, 1.807) is 6.07 Å². The Labute approximate surface area is 147 Å². The minimum absolute atomic E-state index is 0.121. The van der Waals surface area contributed by atoms with Gasteiger partial charge in [-0.05, 0) is 37.0 Å². The first kappa shape index (κ1) is 15.2. The van der Waals surface area contributed by atoms with Crippen LogP contribution in [-0.2, 0) is 5.54 Å². The number of carbonyl (C=O) groups is 1. The van der Waals surface area contributed by atoms with Gasteiger partial charge in [0.15, 0.2) is 11.4 Å². The molecule has 0 radical (unpaired) electrons. The van der Waals surface area contributed by atoms with Gasteiger partial charge in [0.1, 0.15) is 17.3 Å². The van der Waals surface area contributed by atoms with Crippen molar-refractivity contribution in [3.63, 3.8) is 0 Å². The predicted octanol–water partition coefficient (Wildman–Crippen LogP) is 1.88. The second-order valence-corrected chi connectivity index (χ2v) is 6.99. The third kappa shape index (κ3) is 1.92. The number of carbonyl (C=O) groups excluding carboxylic acids is 1. The molecule has 0 aromatic carbocycles. The average Bonchev–Trinajstić information content (AvgIpc) is 3.00. The van der Waals surface area contributed by atoms with E-state index in [9.17, 15) is 14.0 Å². The molecule has 1 aliphatic carbocycles. The summed E-state index contributed by atoms with van der Waals surface area (Å²) in [6.45, 7) is 2.20. The second-order valence-electron chi connectivity index (χ2n) is 6.99. The van der Waals surface area contributed by atoms with Crippen LogP contribution in [0.15, 0.2) is 35.4 Å². The van der Waals surface area contributed by atoms with Gasteiger partial charge in [0.2, 0.25) is 0 Å². The Hall–Kier alpha value is -3.03. The summed E-state index contributed by atoms with van der Waals surface area (Å²) >= 11 is 0. The Balaban J connectivity index is 1.65. The summed E-state index contributed by atoms with van der Waals surface area (Å²) in [5, 5.41) is 4.59. The van der Waals surface area contributed by atoms with E-state index in [0.717, 1.165) is 25.6 Å². The highest BCUT2D eigenvalue weighted by molar-refractivity contribution is 5.92. The summed E-state index contributed by atoms with van der Waals surface area (Å²) in [5.74, 6) is 0.382. The number of hydrogen-bond donors (Lipinski definition) is 1. The minimum Gasteiger partial charge on any atom is -0.345 e. The van der Waals surface area contributed by atoms with Crippen LogP contribution >= 0.6 is 0 Å². The van der Waals surface area contributed by atoms with E-state index in [2.05, 4.69) is 20.0 Å². The number of piperidine rings is 1. The van der Waals surface area contributed by atoms with Crippen LogP contribution in [0.1, 0.15) is 35.8 Å². The first-order chi connectivity index (χ1) is 12.5. The molecule has 2 fully saturated rings. The molecular formula is C18H16FN5O2. The molecule has 2 aliphatic rings. The number of halogens is 1. The zero-order valence-corrected chi connectivity index (χ0v) is 14.1. The van der Waals surface area contributed by atoms with Crippen LogP contribution in [0.2, 0.25) is 0 Å². The highest BCUT2D eigenvalue weighted by Gasteiger charge is 2.64. The number of ketones is 1. The molecule has 3 aromatic heterocycles. The summed E-state index contributed by atoms with van der Waals surface area (Å²) in [6.07, 6.45) is 4.29. The number of aromatic amines is 1. The van der Waals surface area contributed by atoms with E-state index in [1.165, 1.54) is 23.7 Å². The van der Waals surface area contributed by atoms with Gasteiger partial charge in [0.25, 0.3) is 5.56 Å². The molecule has 0 bridgehead atoms. The fourth-order valence-electron chi connectivity index (χ4n) is 4.29. The lowest BCUT2D eigenvalue weighted by atomic mass is 10.0. The maximum Gasteiger partial charge on any atom is 0.253 e. The highest BCUT2D eigenvalue weighted by atomic mass is 19.1. The minimum atomic E-state index is -0.521. The SMILES string of the molecule is CC(=O)c1cnc2ccc(N3CCC4CC43c3cc(F)c[nH]c3=O)nn12. The second kappa shape index (κ2) is 5.00. The number of rotatable bonds is 3. The molecule has 3 aromatic rings. The van der Waals surface area contributed by atoms with Gasteiger partial charge in [-0.15, -0.1) is 5.10 Å². The number of anilines is 1. The Morgan fingerprint density at radius 1 is 1.42 bits per heavy atom. The monoisotopic (exact) mass is 353 g/mol. The number of pyridine rings is 1. The van der Waals surface area contributed by atoms with Gasteiger partial charge in [0.05, 0.1) is 11.7 Å². The summed E-state index contributed by atoms with van der Waals surface area (Å²) in [5.41, 5.74) is 0.648. The smallest absolute Gasteiger partial charge is 0.253 e. The molecule has 1 N–H and O–H groups in total. The van der Waals surface area contributed by atoms with Crippen molar-refractivity contribution in [3.05, 3.63) is 58.0 Å². The van der Waals surface area contributed by atoms with E-state index in [4.69, 9.17) is 0 Å². The zero-order valence-electron chi connectivity index (χ0n) is 14.1. The van der Waals surface area contributed by atoms with Gasteiger partial charge >= 0.3 is 0 Å². The van der Waals surface area contributed by atoms with Crippen LogP contribution < -0.4 is 10.5 Å². The number of H-pyrrole nitrogens is 1. The Morgan fingerprint density at radius 3 is 3.04 bits per heavy atom. The topological polar surface area (TPSA) is 83.4 Å². The Kier molecular flexibility index (Phi) is 2.93. The van der Waals surface area contributed by atoms with Crippen LogP contribution in [-0.4, -0.2) is 31.9 Å². The van der Waals surface area contributed by atoms with E-state index in [1.807, 2.05) is 6.07 Å². The van der Waals surface area contributed by atoms with Crippen molar-refractivity contribution in [1.29, 1.82) is 0 Å². The van der Waals surface area contributed by atoms with Crippen molar-refractivity contribution in [1.82, 2.24) is 19.6 Å². The van der Waals surface area contributed by atoms with Crippen LogP contribution in [0.4, 0.5) is 10.2 Å². The summed E-state index contributed by atoms with van der Waals surface area (Å²) in [4.78, 5) is 32.9. The van der Waals surface area contributed by atoms with Crippen LogP contribution in [0.25, 0.3) is 5.65 Å². The van der Waals surface area contributed by atoms with Gasteiger partial charge in [-0.3, -0.25) is 9.59 Å². The lowest BCUT2D eigenvalue weighted by Crippen LogP contribution is -2.38. The van der Waals surface area contributed by atoms with Gasteiger partial charge in [-0.25, -0.2) is 13.9 Å². The zero-order chi connectivity index (χ0) is 18.1. The number of nitrogens with one attached hydrogen (secondary N) is 1. The average molecular weight is 353 g/mol. The molecule has 2 atom stereocenters. The molecule has 0 spiro atoms. The van der Waals surface area contributed by atoms with Crippen molar-refractivity contribution in [3.8, 4) is 0 Å². The quantitative estimate of drug-likeness (QED) is 0.727. The molecular weight excluding hydrogens is 337 g/mol. The summed E-state index contributed by atoms with van der Waals surface area (Å²) in [6, 6.07) is 4.96. The summed E-state index contributed by atoms with van der Waals surface area (Å²) < 4.78 is 15.3. The van der Waals surface area contributed by atoms with E-state index in [0.29, 0.717) is 28.6 Å². The first-order valence-corrected chi connectivity index (χ1v) is 8.53. The molecule has 2 unspecified atom stereocenters. The molecule has 132 valence electrons. The number of hydrogen-bond acceptors (Lipinski definition) is 5. The fourth-order valence-corrected chi connectivity index (χ4v) is 4.29. The molecule has 1 saturated carbocycles. The van der Waals surface area contributed by atoms with E-state index in [-0.39, 0.29) is 11.3 Å². The van der Waals surface area contributed by atoms with Gasteiger partial charge in [0, 0.05) is 25.2 Å². The Morgan fingerprint density at radius 2 is 2.27 bits per heavy atom. The largest absolute Gasteiger partial charge is 0.345 e. The first-order valence-electron chi connectivity index (χ1n) is 8.53. The molecule has 7 nitrogen and oxygen atoms in total. The molecule has 26 heavy (non-hydrogen) atoms. The molecule has 4 heterocycles. The van der Waals surface area contributed by atoms with Crippen molar-refractivity contribution >= 4 is 17.2 Å². The molecule has 8 heteroatoms. The number of Topliss-reactive ketones (excluding diaryl/α,β-unsaturated/α-hetero) is 1. The lowest BCUT2D eigenvalue weighted by molar-refractivity contribution is 0.101. The standard InChI is InChI=1S/C18H16FN5O2/c1-10(25)14-9-20-15-2-3-16(22-24(14)15)23-5-4-11-7-18(11,23)13-6-12(19)8-21-17(13)26/h2-3,6,8-9,11H,4-5,7H2,1H3,(H,21,26). The summed E-state index contributed by atoms with van der Waals surface area (Å²) in [7, 11) is 0. The van der Waals surface area contributed by atoms with Crippen molar-refractivity contribution in [2.45, 2.75) is 25.3 Å². The number of fused-ring (bicyclic) bond motifs is 2. The third-order valence-electron chi connectivity index (χ3n) is 5.58. The molecule has 5 rings (SSSR count). The number of imidazole rings is 1. The maximum absolute atomic E-state index is 13.8. The van der Waals surface area contributed by atoms with Crippen LogP contribution in [0, 0.1) is 11.7 Å².